The Balaban J connectivity index is 1.67. The van der Waals surface area contributed by atoms with Crippen LogP contribution in [0.4, 0.5) is 0 Å². The summed E-state index contributed by atoms with van der Waals surface area (Å²) in [5, 5.41) is 7.75. The van der Waals surface area contributed by atoms with E-state index in [2.05, 4.69) is 36.2 Å². The molecule has 2 rings (SSSR count). The fourth-order valence-corrected chi connectivity index (χ4v) is 2.74. The molecule has 0 aliphatic carbocycles. The quantitative estimate of drug-likeness (QED) is 0.816. The van der Waals surface area contributed by atoms with Crippen LogP contribution in [0.15, 0.2) is 12.7 Å². The van der Waals surface area contributed by atoms with Crippen molar-refractivity contribution in [3.05, 3.63) is 12.7 Å². The zero-order valence-electron chi connectivity index (χ0n) is 12.2. The molecule has 1 aromatic heterocycles. The van der Waals surface area contributed by atoms with Crippen molar-refractivity contribution in [1.29, 1.82) is 0 Å². The monoisotopic (exact) mass is 266 g/mol. The van der Waals surface area contributed by atoms with Crippen LogP contribution in [0.5, 0.6) is 0 Å². The van der Waals surface area contributed by atoms with Crippen molar-refractivity contribution >= 4 is 0 Å². The molecule has 5 heteroatoms. The van der Waals surface area contributed by atoms with E-state index >= 15 is 0 Å². The van der Waals surface area contributed by atoms with Crippen LogP contribution in [-0.4, -0.2) is 40.1 Å². The standard InChI is InChI=1S/C14H26N4O/c1-11(2)14-13(5-7-19-14)8-16-12(3)4-6-18-10-15-9-17-18/h9-14,16H,4-8H2,1-3H3/t12?,13-,14-/m1/s1. The molecular weight excluding hydrogens is 240 g/mol. The molecule has 3 atom stereocenters. The highest BCUT2D eigenvalue weighted by atomic mass is 16.5. The lowest BCUT2D eigenvalue weighted by molar-refractivity contribution is 0.0534. The minimum atomic E-state index is 0.426. The van der Waals surface area contributed by atoms with Gasteiger partial charge in [-0.3, -0.25) is 4.68 Å². The van der Waals surface area contributed by atoms with Crippen molar-refractivity contribution in [2.75, 3.05) is 13.2 Å². The van der Waals surface area contributed by atoms with Crippen molar-refractivity contribution in [2.24, 2.45) is 11.8 Å². The smallest absolute Gasteiger partial charge is 0.137 e. The summed E-state index contributed by atoms with van der Waals surface area (Å²) in [6.07, 6.45) is 6.04. The van der Waals surface area contributed by atoms with Crippen molar-refractivity contribution in [3.63, 3.8) is 0 Å². The highest BCUT2D eigenvalue weighted by Crippen LogP contribution is 2.26. The van der Waals surface area contributed by atoms with Crippen LogP contribution < -0.4 is 5.32 Å². The Hall–Kier alpha value is -0.940. The van der Waals surface area contributed by atoms with E-state index in [4.69, 9.17) is 4.74 Å². The minimum Gasteiger partial charge on any atom is -0.378 e. The Morgan fingerprint density at radius 2 is 2.26 bits per heavy atom. The largest absolute Gasteiger partial charge is 0.378 e. The first-order chi connectivity index (χ1) is 9.16. The number of rotatable bonds is 7. The fourth-order valence-electron chi connectivity index (χ4n) is 2.74. The summed E-state index contributed by atoms with van der Waals surface area (Å²) in [4.78, 5) is 3.95. The molecule has 108 valence electrons. The molecule has 0 amide bonds. The molecule has 2 heterocycles. The molecule has 19 heavy (non-hydrogen) atoms. The Morgan fingerprint density at radius 1 is 1.42 bits per heavy atom. The van der Waals surface area contributed by atoms with Crippen molar-refractivity contribution in [3.8, 4) is 0 Å². The predicted octanol–water partition coefficient (Wildman–Crippen LogP) is 1.71. The molecule has 0 saturated carbocycles. The predicted molar refractivity (Wildman–Crippen MR) is 74.8 cm³/mol. The first kappa shape index (κ1) is 14.5. The Morgan fingerprint density at radius 3 is 2.95 bits per heavy atom. The molecule has 1 aliphatic heterocycles. The normalized spacial score (nSPS) is 25.1. The number of hydrogen-bond acceptors (Lipinski definition) is 4. The molecule has 0 aromatic carbocycles. The van der Waals surface area contributed by atoms with Gasteiger partial charge in [0.25, 0.3) is 0 Å². The lowest BCUT2D eigenvalue weighted by atomic mass is 9.93. The van der Waals surface area contributed by atoms with E-state index < -0.39 is 0 Å². The van der Waals surface area contributed by atoms with Gasteiger partial charge in [0, 0.05) is 25.7 Å². The van der Waals surface area contributed by atoms with Gasteiger partial charge in [-0.1, -0.05) is 13.8 Å². The van der Waals surface area contributed by atoms with Crippen LogP contribution in [0.3, 0.4) is 0 Å². The zero-order chi connectivity index (χ0) is 13.7. The van der Waals surface area contributed by atoms with Gasteiger partial charge in [0.15, 0.2) is 0 Å². The fraction of sp³-hybridized carbons (Fsp3) is 0.857. The number of nitrogens with one attached hydrogen (secondary N) is 1. The third-order valence-corrected chi connectivity index (χ3v) is 3.91. The van der Waals surface area contributed by atoms with E-state index in [-0.39, 0.29) is 0 Å². The van der Waals surface area contributed by atoms with Crippen LogP contribution in [0, 0.1) is 11.8 Å². The van der Waals surface area contributed by atoms with Gasteiger partial charge in [-0.05, 0) is 31.6 Å². The van der Waals surface area contributed by atoms with Gasteiger partial charge >= 0.3 is 0 Å². The van der Waals surface area contributed by atoms with Gasteiger partial charge in [-0.15, -0.1) is 0 Å². The van der Waals surface area contributed by atoms with Crippen LogP contribution in [0.2, 0.25) is 0 Å². The molecule has 1 saturated heterocycles. The Kier molecular flexibility index (Phi) is 5.34. The summed E-state index contributed by atoms with van der Waals surface area (Å²) in [7, 11) is 0. The van der Waals surface area contributed by atoms with E-state index in [1.807, 2.05) is 4.68 Å². The molecule has 1 fully saturated rings. The van der Waals surface area contributed by atoms with E-state index in [1.165, 1.54) is 6.42 Å². The van der Waals surface area contributed by atoms with Gasteiger partial charge < -0.3 is 10.1 Å². The average molecular weight is 266 g/mol. The summed E-state index contributed by atoms with van der Waals surface area (Å²) in [5.41, 5.74) is 0. The molecule has 5 nitrogen and oxygen atoms in total. The maximum Gasteiger partial charge on any atom is 0.137 e. The molecule has 1 aliphatic rings. The first-order valence-corrected chi connectivity index (χ1v) is 7.34. The van der Waals surface area contributed by atoms with Gasteiger partial charge in [0.05, 0.1) is 6.10 Å². The lowest BCUT2D eigenvalue weighted by Gasteiger charge is -2.24. The molecule has 1 unspecified atom stereocenters. The number of aromatic nitrogens is 3. The highest BCUT2D eigenvalue weighted by Gasteiger charge is 2.30. The second-order valence-electron chi connectivity index (χ2n) is 5.88. The first-order valence-electron chi connectivity index (χ1n) is 7.34. The van der Waals surface area contributed by atoms with E-state index in [1.54, 1.807) is 12.7 Å². The summed E-state index contributed by atoms with van der Waals surface area (Å²) in [5.74, 6) is 1.27. The third kappa shape index (κ3) is 4.28. The van der Waals surface area contributed by atoms with E-state index in [0.29, 0.717) is 24.0 Å². The lowest BCUT2D eigenvalue weighted by Crippen LogP contribution is -2.36. The van der Waals surface area contributed by atoms with Crippen LogP contribution in [-0.2, 0) is 11.3 Å². The molecule has 1 aromatic rings. The molecule has 0 radical (unpaired) electrons. The summed E-state index contributed by atoms with van der Waals surface area (Å²) < 4.78 is 7.70. The summed E-state index contributed by atoms with van der Waals surface area (Å²) in [6.45, 7) is 9.62. The number of nitrogens with zero attached hydrogens (tertiary/aromatic N) is 3. The second-order valence-corrected chi connectivity index (χ2v) is 5.88. The van der Waals surface area contributed by atoms with Crippen LogP contribution in [0.25, 0.3) is 0 Å². The zero-order valence-corrected chi connectivity index (χ0v) is 12.2. The number of hydrogen-bond donors (Lipinski definition) is 1. The Bertz CT molecular complexity index is 352. The third-order valence-electron chi connectivity index (χ3n) is 3.91. The molecule has 0 bridgehead atoms. The number of aryl methyl sites for hydroxylation is 1. The maximum absolute atomic E-state index is 5.82. The average Bonchev–Trinajstić information content (AvgIpc) is 3.04. The minimum absolute atomic E-state index is 0.426. The topological polar surface area (TPSA) is 52.0 Å². The summed E-state index contributed by atoms with van der Waals surface area (Å²) in [6, 6.07) is 0.498. The van der Waals surface area contributed by atoms with Gasteiger partial charge in [-0.2, -0.15) is 5.10 Å². The van der Waals surface area contributed by atoms with E-state index in [0.717, 1.165) is 26.1 Å². The highest BCUT2D eigenvalue weighted by molar-refractivity contribution is 4.81. The second kappa shape index (κ2) is 7.01. The van der Waals surface area contributed by atoms with E-state index in [9.17, 15) is 0 Å². The van der Waals surface area contributed by atoms with Gasteiger partial charge in [0.2, 0.25) is 0 Å². The maximum atomic E-state index is 5.82. The van der Waals surface area contributed by atoms with Crippen molar-refractivity contribution in [1.82, 2.24) is 20.1 Å². The van der Waals surface area contributed by atoms with Gasteiger partial charge in [0.1, 0.15) is 12.7 Å². The van der Waals surface area contributed by atoms with Crippen molar-refractivity contribution in [2.45, 2.75) is 52.3 Å². The van der Waals surface area contributed by atoms with Crippen LogP contribution >= 0.6 is 0 Å². The molecule has 1 N–H and O–H groups in total. The van der Waals surface area contributed by atoms with Crippen molar-refractivity contribution < 1.29 is 4.74 Å². The van der Waals surface area contributed by atoms with Gasteiger partial charge in [-0.25, -0.2) is 4.98 Å². The molecule has 0 spiro atoms. The van der Waals surface area contributed by atoms with Crippen LogP contribution in [0.1, 0.15) is 33.6 Å². The molecular formula is C14H26N4O. The summed E-state index contributed by atoms with van der Waals surface area (Å²) >= 11 is 0. The SMILES string of the molecule is CC(CCn1cncn1)NC[C@H]1CCO[C@@H]1C(C)C. The number of ether oxygens (including phenoxy) is 1. The Labute approximate surface area is 115 Å².